The summed E-state index contributed by atoms with van der Waals surface area (Å²) in [5.41, 5.74) is 1.33. The second-order valence-corrected chi connectivity index (χ2v) is 2.70. The van der Waals surface area contributed by atoms with Crippen LogP contribution < -0.4 is 0 Å². The fraction of sp³-hybridized carbons (Fsp3) is 1.00. The molecule has 1 atom stereocenters. The standard InChI is InChI=1S/CH5AsO2.K.H/c1-2(3)4;;/h2H,1H3,(H,3,4);;. The molecule has 0 saturated carbocycles. The second kappa shape index (κ2) is 5.95. The van der Waals surface area contributed by atoms with E-state index in [0.29, 0.717) is 0 Å². The quantitative estimate of drug-likeness (QED) is 0.447. The molecule has 0 rings (SSSR count). The van der Waals surface area contributed by atoms with E-state index >= 15 is 0 Å². The van der Waals surface area contributed by atoms with Crippen LogP contribution in [-0.2, 0) is 3.74 Å². The summed E-state index contributed by atoms with van der Waals surface area (Å²) < 4.78 is 16.9. The Morgan fingerprint density at radius 3 is 1.80 bits per heavy atom. The summed E-state index contributed by atoms with van der Waals surface area (Å²) in [6, 6.07) is 0. The molecule has 1 unspecified atom stereocenters. The van der Waals surface area contributed by atoms with Crippen LogP contribution in [-0.4, -0.2) is 70.4 Å². The molecule has 0 aliphatic heterocycles. The van der Waals surface area contributed by atoms with Crippen LogP contribution >= 0.6 is 0 Å². The molecule has 4 heteroatoms. The van der Waals surface area contributed by atoms with Gasteiger partial charge in [0.25, 0.3) is 0 Å². The Morgan fingerprint density at radius 1 is 1.80 bits per heavy atom. The van der Waals surface area contributed by atoms with Crippen molar-refractivity contribution in [1.82, 2.24) is 0 Å². The third-order valence-electron chi connectivity index (χ3n) is 0. The molecule has 0 amide bonds. The van der Waals surface area contributed by atoms with Crippen LogP contribution in [0.5, 0.6) is 0 Å². The number of hydrogen-bond acceptors (Lipinski definition) is 1. The Bertz CT molecular complexity index is 32.6. The van der Waals surface area contributed by atoms with E-state index in [1.807, 2.05) is 0 Å². The molecule has 28 valence electrons. The topological polar surface area (TPSA) is 37.3 Å². The molecule has 0 aromatic carbocycles. The van der Waals surface area contributed by atoms with Gasteiger partial charge >= 0.3 is 79.9 Å². The van der Waals surface area contributed by atoms with Crippen LogP contribution in [0.25, 0.3) is 0 Å². The van der Waals surface area contributed by atoms with Gasteiger partial charge in [0.05, 0.1) is 0 Å². The van der Waals surface area contributed by atoms with Crippen LogP contribution in [0.4, 0.5) is 0 Å². The summed E-state index contributed by atoms with van der Waals surface area (Å²) in [5.74, 6) is 0. The van der Waals surface area contributed by atoms with Gasteiger partial charge in [0.2, 0.25) is 0 Å². The molecular weight excluding hydrogens is 158 g/mol. The molecule has 0 aromatic heterocycles. The van der Waals surface area contributed by atoms with Gasteiger partial charge in [-0.1, -0.05) is 0 Å². The Morgan fingerprint density at radius 2 is 1.80 bits per heavy atom. The van der Waals surface area contributed by atoms with Crippen LogP contribution in [0.3, 0.4) is 0 Å². The van der Waals surface area contributed by atoms with E-state index in [1.54, 1.807) is 0 Å². The molecule has 0 fully saturated rings. The van der Waals surface area contributed by atoms with Gasteiger partial charge in [-0.25, -0.2) is 0 Å². The zero-order valence-corrected chi connectivity index (χ0v) is 4.45. The van der Waals surface area contributed by atoms with Crippen molar-refractivity contribution >= 4 is 66.3 Å². The molecule has 1 N–H and O–H groups in total. The van der Waals surface area contributed by atoms with Crippen LogP contribution in [0.1, 0.15) is 0 Å². The third-order valence-corrected chi connectivity index (χ3v) is 0. The van der Waals surface area contributed by atoms with E-state index in [0.717, 1.165) is 0 Å². The first-order chi connectivity index (χ1) is 1.73. The van der Waals surface area contributed by atoms with Gasteiger partial charge in [0.1, 0.15) is 0 Å². The summed E-state index contributed by atoms with van der Waals surface area (Å²) >= 11 is -2.58. The van der Waals surface area contributed by atoms with Crippen LogP contribution in [0, 0.1) is 0 Å². The first-order valence-corrected chi connectivity index (χ1v) is 4.82. The van der Waals surface area contributed by atoms with Gasteiger partial charge in [-0.2, -0.15) is 0 Å². The number of rotatable bonds is 0. The molecule has 0 bridgehead atoms. The predicted molar refractivity (Wildman–Crippen MR) is 23.1 cm³/mol. The van der Waals surface area contributed by atoms with Crippen molar-refractivity contribution in [2.24, 2.45) is 0 Å². The van der Waals surface area contributed by atoms with Crippen LogP contribution in [0.2, 0.25) is 5.71 Å². The fourth-order valence-corrected chi connectivity index (χ4v) is 0. The summed E-state index contributed by atoms with van der Waals surface area (Å²) in [6.07, 6.45) is 0. The van der Waals surface area contributed by atoms with Crippen molar-refractivity contribution in [1.29, 1.82) is 0 Å². The fourth-order valence-electron chi connectivity index (χ4n) is 0. The minimum atomic E-state index is -2.58. The molecule has 2 nitrogen and oxygen atoms in total. The van der Waals surface area contributed by atoms with Crippen LogP contribution in [0.15, 0.2) is 0 Å². The van der Waals surface area contributed by atoms with E-state index in [1.165, 1.54) is 5.71 Å². The molecule has 0 aromatic rings. The average Bonchev–Trinajstić information content (AvgIpc) is 0.811. The average molecular weight is 164 g/mol. The Labute approximate surface area is 78.2 Å². The Balaban J connectivity index is 0. The van der Waals surface area contributed by atoms with E-state index in [4.69, 9.17) is 4.10 Å². The van der Waals surface area contributed by atoms with E-state index in [9.17, 15) is 3.74 Å². The van der Waals surface area contributed by atoms with Crippen molar-refractivity contribution < 1.29 is 7.84 Å². The van der Waals surface area contributed by atoms with Gasteiger partial charge in [-0.15, -0.1) is 0 Å². The third kappa shape index (κ3) is 24.4. The molecule has 0 heterocycles. The van der Waals surface area contributed by atoms with E-state index in [2.05, 4.69) is 0 Å². The van der Waals surface area contributed by atoms with Crippen molar-refractivity contribution in [3.8, 4) is 0 Å². The first kappa shape index (κ1) is 10.0. The number of hydrogen-bond donors (Lipinski definition) is 1. The Hall–Kier alpha value is 1.95. The SMILES string of the molecule is C[AsH](=O)O.[KH]. The molecule has 0 radical (unpaired) electrons. The van der Waals surface area contributed by atoms with E-state index < -0.39 is 14.9 Å². The maximum atomic E-state index is 9.25. The van der Waals surface area contributed by atoms with Crippen molar-refractivity contribution in [3.05, 3.63) is 0 Å². The minimum absolute atomic E-state index is 0. The van der Waals surface area contributed by atoms with Gasteiger partial charge in [0, 0.05) is 0 Å². The van der Waals surface area contributed by atoms with Gasteiger partial charge in [0.15, 0.2) is 0 Å². The molecule has 5 heavy (non-hydrogen) atoms. The van der Waals surface area contributed by atoms with Gasteiger partial charge < -0.3 is 0 Å². The summed E-state index contributed by atoms with van der Waals surface area (Å²) in [4.78, 5) is 0. The maximum absolute atomic E-state index is 9.25. The molecule has 0 aliphatic carbocycles. The van der Waals surface area contributed by atoms with E-state index in [-0.39, 0.29) is 51.4 Å². The second-order valence-electron chi connectivity index (χ2n) is 0.519. The summed E-state index contributed by atoms with van der Waals surface area (Å²) in [6.45, 7) is 0. The molecule has 0 aliphatic rings. The zero-order valence-electron chi connectivity index (χ0n) is 2.36. The predicted octanol–water partition coefficient (Wildman–Crippen LogP) is -1.39. The summed E-state index contributed by atoms with van der Waals surface area (Å²) in [5, 5.41) is 0. The molecule has 0 spiro atoms. The van der Waals surface area contributed by atoms with Crippen molar-refractivity contribution in [2.75, 3.05) is 0 Å². The molecule has 0 saturated heterocycles. The summed E-state index contributed by atoms with van der Waals surface area (Å²) in [7, 11) is 0. The van der Waals surface area contributed by atoms with Gasteiger partial charge in [-0.05, 0) is 0 Å². The monoisotopic (exact) mass is 164 g/mol. The van der Waals surface area contributed by atoms with Crippen molar-refractivity contribution in [3.63, 3.8) is 0 Å². The zero-order chi connectivity index (χ0) is 3.58. The van der Waals surface area contributed by atoms with Gasteiger partial charge in [-0.3, -0.25) is 0 Å². The van der Waals surface area contributed by atoms with Crippen molar-refractivity contribution in [2.45, 2.75) is 5.71 Å². The first-order valence-electron chi connectivity index (χ1n) is 0.928. The molecular formula is CH6AsKO2. The Kier molecular flexibility index (Phi) is 12.0. The normalized spacial score (nSPS) is 12.4.